The van der Waals surface area contributed by atoms with Gasteiger partial charge in [-0.2, -0.15) is 4.98 Å². The zero-order chi connectivity index (χ0) is 19.8. The van der Waals surface area contributed by atoms with Crippen molar-refractivity contribution in [2.45, 2.75) is 13.0 Å². The lowest BCUT2D eigenvalue weighted by molar-refractivity contribution is -0.115. The van der Waals surface area contributed by atoms with Crippen molar-refractivity contribution in [1.82, 2.24) is 14.8 Å². The molecule has 0 aliphatic carbocycles. The zero-order valence-electron chi connectivity index (χ0n) is 15.6. The third-order valence-corrected chi connectivity index (χ3v) is 5.45. The third-order valence-electron chi connectivity index (χ3n) is 4.58. The summed E-state index contributed by atoms with van der Waals surface area (Å²) in [7, 11) is 3.14. The Bertz CT molecular complexity index is 1070. The highest BCUT2D eigenvalue weighted by Crippen LogP contribution is 2.39. The smallest absolute Gasteiger partial charge is 0.248 e. The van der Waals surface area contributed by atoms with E-state index in [4.69, 9.17) is 15.2 Å². The lowest BCUT2D eigenvalue weighted by Crippen LogP contribution is -2.31. The van der Waals surface area contributed by atoms with Gasteiger partial charge in [0.2, 0.25) is 11.9 Å². The van der Waals surface area contributed by atoms with Crippen LogP contribution in [-0.4, -0.2) is 34.9 Å². The molecule has 9 heteroatoms. The summed E-state index contributed by atoms with van der Waals surface area (Å²) in [4.78, 5) is 17.8. The molecule has 0 bridgehead atoms. The van der Waals surface area contributed by atoms with Gasteiger partial charge in [-0.15, -0.1) is 16.4 Å². The molecule has 0 saturated heterocycles. The number of nitrogens with one attached hydrogen (secondary N) is 1. The molecule has 0 unspecified atom stereocenters. The van der Waals surface area contributed by atoms with Gasteiger partial charge >= 0.3 is 0 Å². The first-order chi connectivity index (χ1) is 13.5. The number of carbonyl (C=O) groups excluding carboxylic acids is 1. The summed E-state index contributed by atoms with van der Waals surface area (Å²) < 4.78 is 12.4. The number of amides is 1. The number of hydrogen-bond donors (Lipinski definition) is 2. The largest absolute Gasteiger partial charge is 0.493 e. The molecule has 1 aliphatic rings. The third kappa shape index (κ3) is 2.89. The first-order valence-corrected chi connectivity index (χ1v) is 9.41. The minimum absolute atomic E-state index is 0.419. The number of hydrogen-bond acceptors (Lipinski definition) is 7. The number of thiophene rings is 1. The monoisotopic (exact) mass is 397 g/mol. The number of primary amides is 1. The first kappa shape index (κ1) is 18.1. The van der Waals surface area contributed by atoms with Crippen LogP contribution in [0.25, 0.3) is 10.7 Å². The number of nitrogens with two attached hydrogens (primary N) is 1. The fraction of sp³-hybridized carbons (Fsp3) is 0.211. The molecule has 3 heterocycles. The summed E-state index contributed by atoms with van der Waals surface area (Å²) in [6.45, 7) is 1.80. The van der Waals surface area contributed by atoms with Crippen LogP contribution >= 0.6 is 11.3 Å². The van der Waals surface area contributed by atoms with Crippen molar-refractivity contribution >= 4 is 23.2 Å². The van der Waals surface area contributed by atoms with E-state index in [0.29, 0.717) is 34.5 Å². The molecule has 1 amide bonds. The van der Waals surface area contributed by atoms with E-state index in [1.807, 2.05) is 29.6 Å². The van der Waals surface area contributed by atoms with Crippen molar-refractivity contribution in [2.75, 3.05) is 19.5 Å². The van der Waals surface area contributed by atoms with Crippen LogP contribution in [0.2, 0.25) is 0 Å². The van der Waals surface area contributed by atoms with E-state index in [0.717, 1.165) is 10.4 Å². The first-order valence-electron chi connectivity index (χ1n) is 8.53. The Morgan fingerprint density at radius 3 is 2.68 bits per heavy atom. The Hall–Kier alpha value is -3.33. The normalized spacial score (nSPS) is 15.8. The molecule has 2 aromatic heterocycles. The van der Waals surface area contributed by atoms with Gasteiger partial charge in [0.15, 0.2) is 17.3 Å². The zero-order valence-corrected chi connectivity index (χ0v) is 16.4. The summed E-state index contributed by atoms with van der Waals surface area (Å²) in [6.07, 6.45) is 0. The lowest BCUT2D eigenvalue weighted by Gasteiger charge is -2.28. The van der Waals surface area contributed by atoms with Crippen molar-refractivity contribution < 1.29 is 14.3 Å². The quantitative estimate of drug-likeness (QED) is 0.686. The van der Waals surface area contributed by atoms with Crippen LogP contribution in [0, 0.1) is 0 Å². The van der Waals surface area contributed by atoms with Crippen molar-refractivity contribution in [1.29, 1.82) is 0 Å². The van der Waals surface area contributed by atoms with Gasteiger partial charge in [0, 0.05) is 5.70 Å². The van der Waals surface area contributed by atoms with Crippen molar-refractivity contribution in [3.8, 4) is 22.2 Å². The highest BCUT2D eigenvalue weighted by Gasteiger charge is 2.34. The molecule has 0 saturated carbocycles. The highest BCUT2D eigenvalue weighted by molar-refractivity contribution is 7.13. The van der Waals surface area contributed by atoms with Gasteiger partial charge in [-0.3, -0.25) is 4.79 Å². The minimum Gasteiger partial charge on any atom is -0.493 e. The number of allylic oxidation sites excluding steroid dienone is 1. The van der Waals surface area contributed by atoms with E-state index < -0.39 is 11.9 Å². The molecule has 0 spiro atoms. The number of methoxy groups -OCH3 is 2. The fourth-order valence-corrected chi connectivity index (χ4v) is 3.96. The van der Waals surface area contributed by atoms with Gasteiger partial charge < -0.3 is 20.5 Å². The van der Waals surface area contributed by atoms with Crippen LogP contribution < -0.4 is 20.5 Å². The predicted molar refractivity (Wildman–Crippen MR) is 107 cm³/mol. The second-order valence-corrected chi connectivity index (χ2v) is 7.17. The molecule has 3 N–H and O–H groups in total. The van der Waals surface area contributed by atoms with Gasteiger partial charge in [0.05, 0.1) is 24.7 Å². The molecule has 144 valence electrons. The van der Waals surface area contributed by atoms with Crippen LogP contribution in [0.3, 0.4) is 0 Å². The maximum atomic E-state index is 12.3. The molecule has 1 aromatic carbocycles. The second-order valence-electron chi connectivity index (χ2n) is 6.23. The van der Waals surface area contributed by atoms with Crippen molar-refractivity contribution in [3.05, 3.63) is 52.5 Å². The average molecular weight is 397 g/mol. The molecule has 28 heavy (non-hydrogen) atoms. The van der Waals surface area contributed by atoms with E-state index in [2.05, 4.69) is 15.4 Å². The molecular formula is C19H19N5O3S. The molecule has 8 nitrogen and oxygen atoms in total. The Kier molecular flexibility index (Phi) is 4.52. The van der Waals surface area contributed by atoms with Gasteiger partial charge in [-0.1, -0.05) is 12.1 Å². The number of rotatable bonds is 5. The summed E-state index contributed by atoms with van der Waals surface area (Å²) in [5.41, 5.74) is 7.57. The SMILES string of the molecule is COc1ccc([C@H]2C(C(N)=O)=C(C)Nc3nc(-c4cccs4)nn32)cc1OC. The summed E-state index contributed by atoms with van der Waals surface area (Å²) in [5.74, 6) is 1.76. The highest BCUT2D eigenvalue weighted by atomic mass is 32.1. The molecule has 0 fully saturated rings. The van der Waals surface area contributed by atoms with Crippen LogP contribution in [0.5, 0.6) is 11.5 Å². The number of benzene rings is 1. The predicted octanol–water partition coefficient (Wildman–Crippen LogP) is 2.80. The number of fused-ring (bicyclic) bond motifs is 1. The van der Waals surface area contributed by atoms with Crippen LogP contribution in [0.1, 0.15) is 18.5 Å². The topological polar surface area (TPSA) is 104 Å². The van der Waals surface area contributed by atoms with Crippen molar-refractivity contribution in [2.24, 2.45) is 5.73 Å². The van der Waals surface area contributed by atoms with Crippen LogP contribution in [-0.2, 0) is 4.79 Å². The van der Waals surface area contributed by atoms with Crippen molar-refractivity contribution in [3.63, 3.8) is 0 Å². The molecule has 0 radical (unpaired) electrons. The van der Waals surface area contributed by atoms with Gasteiger partial charge in [0.1, 0.15) is 6.04 Å². The minimum atomic E-state index is -0.533. The molecule has 1 aliphatic heterocycles. The van der Waals surface area contributed by atoms with E-state index in [1.165, 1.54) is 0 Å². The molecule has 3 aromatic rings. The summed E-state index contributed by atoms with van der Waals surface area (Å²) >= 11 is 1.55. The number of anilines is 1. The maximum Gasteiger partial charge on any atom is 0.248 e. The Labute approximate surface area is 165 Å². The fourth-order valence-electron chi connectivity index (χ4n) is 3.31. The molecule has 4 rings (SSSR count). The van der Waals surface area contributed by atoms with E-state index >= 15 is 0 Å². The number of ether oxygens (including phenoxy) is 2. The number of carbonyl (C=O) groups is 1. The van der Waals surface area contributed by atoms with Gasteiger partial charge in [0.25, 0.3) is 0 Å². The van der Waals surface area contributed by atoms with E-state index in [9.17, 15) is 4.79 Å². The Morgan fingerprint density at radius 1 is 1.25 bits per heavy atom. The van der Waals surface area contributed by atoms with Gasteiger partial charge in [-0.05, 0) is 36.1 Å². The van der Waals surface area contributed by atoms with Crippen LogP contribution in [0.15, 0.2) is 47.0 Å². The lowest BCUT2D eigenvalue weighted by atomic mass is 9.95. The summed E-state index contributed by atoms with van der Waals surface area (Å²) in [5, 5.41) is 9.76. The maximum absolute atomic E-state index is 12.3. The number of aromatic nitrogens is 3. The Balaban J connectivity index is 1.89. The Morgan fingerprint density at radius 2 is 2.04 bits per heavy atom. The number of nitrogens with zero attached hydrogens (tertiary/aromatic N) is 3. The average Bonchev–Trinajstić information content (AvgIpc) is 3.35. The van der Waals surface area contributed by atoms with E-state index in [-0.39, 0.29) is 0 Å². The van der Waals surface area contributed by atoms with E-state index in [1.54, 1.807) is 43.2 Å². The molecule has 1 atom stereocenters. The second kappa shape index (κ2) is 7.01. The van der Waals surface area contributed by atoms with Gasteiger partial charge in [-0.25, -0.2) is 4.68 Å². The standard InChI is InChI=1S/C19H19N5O3S/c1-10-15(17(20)25)16(11-6-7-12(26-2)13(9-11)27-3)24-19(21-10)22-18(23-24)14-5-4-8-28-14/h4-9,16H,1-3H3,(H2,20,25)(H,21,22,23)/t16-/m0/s1. The van der Waals surface area contributed by atoms with Crippen LogP contribution in [0.4, 0.5) is 5.95 Å². The molecular weight excluding hydrogens is 378 g/mol. The summed E-state index contributed by atoms with van der Waals surface area (Å²) in [6, 6.07) is 8.84.